The zero-order chi connectivity index (χ0) is 22.0. The van der Waals surface area contributed by atoms with Gasteiger partial charge in [0.1, 0.15) is 0 Å². The molecule has 0 N–H and O–H groups in total. The summed E-state index contributed by atoms with van der Waals surface area (Å²) in [6, 6.07) is 19.6. The molecule has 5 nitrogen and oxygen atoms in total. The third-order valence-corrected chi connectivity index (χ3v) is 7.49. The van der Waals surface area contributed by atoms with Gasteiger partial charge >= 0.3 is 0 Å². The average molecular weight is 445 g/mol. The normalized spacial score (nSPS) is 27.2. The topological polar surface area (TPSA) is 57.7 Å². The van der Waals surface area contributed by atoms with E-state index in [-0.39, 0.29) is 23.6 Å². The van der Waals surface area contributed by atoms with Gasteiger partial charge in [-0.1, -0.05) is 41.9 Å². The van der Waals surface area contributed by atoms with Gasteiger partial charge in [-0.15, -0.1) is 0 Å². The lowest BCUT2D eigenvalue weighted by Crippen LogP contribution is -2.46. The molecule has 0 aromatic heterocycles. The SMILES string of the molecule is O=C(c1ccc(Cl)cc1)C1C2C(=O)N(c3ccc4ccccc4c3)C(=O)C2C2CCCN21. The minimum atomic E-state index is -0.651. The lowest BCUT2D eigenvalue weighted by molar-refractivity contribution is -0.123. The second-order valence-electron chi connectivity index (χ2n) is 8.86. The van der Waals surface area contributed by atoms with E-state index in [0.717, 1.165) is 30.2 Å². The van der Waals surface area contributed by atoms with Crippen molar-refractivity contribution in [2.75, 3.05) is 11.4 Å². The molecule has 0 radical (unpaired) electrons. The van der Waals surface area contributed by atoms with Crippen LogP contribution in [0.3, 0.4) is 0 Å². The summed E-state index contributed by atoms with van der Waals surface area (Å²) in [5.74, 6) is -1.68. The summed E-state index contributed by atoms with van der Waals surface area (Å²) in [5.41, 5.74) is 1.10. The van der Waals surface area contributed by atoms with E-state index in [9.17, 15) is 14.4 Å². The minimum absolute atomic E-state index is 0.0665. The summed E-state index contributed by atoms with van der Waals surface area (Å²) in [4.78, 5) is 44.2. The first-order valence-electron chi connectivity index (χ1n) is 11.0. The first-order chi connectivity index (χ1) is 15.5. The number of benzene rings is 3. The number of carbonyl (C=O) groups is 3. The van der Waals surface area contributed by atoms with Crippen LogP contribution in [0.15, 0.2) is 66.7 Å². The highest BCUT2D eigenvalue weighted by atomic mass is 35.5. The number of rotatable bonds is 3. The van der Waals surface area contributed by atoms with E-state index in [1.807, 2.05) is 42.5 Å². The maximum absolute atomic E-state index is 13.7. The van der Waals surface area contributed by atoms with Crippen LogP contribution in [-0.4, -0.2) is 41.1 Å². The number of imide groups is 1. The molecule has 0 spiro atoms. The van der Waals surface area contributed by atoms with Crippen LogP contribution in [0.25, 0.3) is 10.8 Å². The van der Waals surface area contributed by atoms with Crippen LogP contribution in [-0.2, 0) is 9.59 Å². The molecule has 2 amide bonds. The average Bonchev–Trinajstić information content (AvgIpc) is 3.45. The number of carbonyl (C=O) groups excluding carboxylic acids is 3. The Morgan fingerprint density at radius 2 is 1.59 bits per heavy atom. The minimum Gasteiger partial charge on any atom is -0.292 e. The Kier molecular flexibility index (Phi) is 4.46. The molecule has 3 aliphatic heterocycles. The number of ketones is 1. The summed E-state index contributed by atoms with van der Waals surface area (Å²) in [7, 11) is 0. The van der Waals surface area contributed by atoms with Gasteiger partial charge in [-0.05, 0) is 66.6 Å². The van der Waals surface area contributed by atoms with Crippen molar-refractivity contribution in [1.82, 2.24) is 4.90 Å². The first-order valence-corrected chi connectivity index (χ1v) is 11.3. The number of hydrogen-bond acceptors (Lipinski definition) is 4. The molecule has 3 aromatic rings. The van der Waals surface area contributed by atoms with Gasteiger partial charge in [0.25, 0.3) is 0 Å². The highest BCUT2D eigenvalue weighted by Gasteiger charge is 2.64. The second-order valence-corrected chi connectivity index (χ2v) is 9.29. The third kappa shape index (κ3) is 2.78. The molecule has 3 aromatic carbocycles. The van der Waals surface area contributed by atoms with E-state index in [2.05, 4.69) is 4.90 Å². The summed E-state index contributed by atoms with van der Waals surface area (Å²) >= 11 is 6.00. The summed E-state index contributed by atoms with van der Waals surface area (Å²) in [5, 5.41) is 2.58. The maximum Gasteiger partial charge on any atom is 0.239 e. The van der Waals surface area contributed by atoms with Crippen molar-refractivity contribution in [1.29, 1.82) is 0 Å². The largest absolute Gasteiger partial charge is 0.292 e. The van der Waals surface area contributed by atoms with Gasteiger partial charge in [0.05, 0.1) is 23.6 Å². The van der Waals surface area contributed by atoms with Gasteiger partial charge in [0.15, 0.2) is 5.78 Å². The van der Waals surface area contributed by atoms with Crippen LogP contribution in [0.1, 0.15) is 23.2 Å². The van der Waals surface area contributed by atoms with E-state index in [0.29, 0.717) is 16.3 Å². The van der Waals surface area contributed by atoms with Crippen molar-refractivity contribution in [3.63, 3.8) is 0 Å². The van der Waals surface area contributed by atoms with E-state index < -0.39 is 17.9 Å². The number of fused-ring (bicyclic) bond motifs is 4. The fourth-order valence-electron chi connectivity index (χ4n) is 5.87. The molecule has 160 valence electrons. The Labute approximate surface area is 190 Å². The highest BCUT2D eigenvalue weighted by Crippen LogP contribution is 2.48. The number of anilines is 1. The van der Waals surface area contributed by atoms with Gasteiger partial charge in [0.2, 0.25) is 11.8 Å². The first kappa shape index (κ1) is 19.6. The smallest absolute Gasteiger partial charge is 0.239 e. The maximum atomic E-state index is 13.7. The quantitative estimate of drug-likeness (QED) is 0.445. The van der Waals surface area contributed by atoms with Gasteiger partial charge in [-0.3, -0.25) is 19.3 Å². The van der Waals surface area contributed by atoms with Crippen molar-refractivity contribution in [3.8, 4) is 0 Å². The molecule has 3 heterocycles. The van der Waals surface area contributed by atoms with Gasteiger partial charge < -0.3 is 0 Å². The van der Waals surface area contributed by atoms with E-state index >= 15 is 0 Å². The second kappa shape index (κ2) is 7.26. The van der Waals surface area contributed by atoms with E-state index in [4.69, 9.17) is 11.6 Å². The molecule has 0 aliphatic carbocycles. The van der Waals surface area contributed by atoms with Crippen LogP contribution >= 0.6 is 11.6 Å². The molecule has 4 unspecified atom stereocenters. The fourth-order valence-corrected chi connectivity index (χ4v) is 6.00. The number of hydrogen-bond donors (Lipinski definition) is 0. The molecule has 3 fully saturated rings. The van der Waals surface area contributed by atoms with Crippen molar-refractivity contribution in [2.45, 2.75) is 24.9 Å². The number of nitrogens with zero attached hydrogens (tertiary/aromatic N) is 2. The summed E-state index contributed by atoms with van der Waals surface area (Å²) < 4.78 is 0. The van der Waals surface area contributed by atoms with Crippen molar-refractivity contribution in [3.05, 3.63) is 77.3 Å². The van der Waals surface area contributed by atoms with Crippen LogP contribution in [0, 0.1) is 11.8 Å². The lowest BCUT2D eigenvalue weighted by Gasteiger charge is -2.27. The zero-order valence-corrected chi connectivity index (χ0v) is 18.0. The Morgan fingerprint density at radius 1 is 0.875 bits per heavy atom. The fraction of sp³-hybridized carbons (Fsp3) is 0.269. The number of amides is 2. The van der Waals surface area contributed by atoms with Gasteiger partial charge in [-0.2, -0.15) is 0 Å². The van der Waals surface area contributed by atoms with Gasteiger partial charge in [-0.25, -0.2) is 4.90 Å². The van der Waals surface area contributed by atoms with Gasteiger partial charge in [0, 0.05) is 16.6 Å². The summed E-state index contributed by atoms with van der Waals surface area (Å²) in [6.45, 7) is 0.734. The third-order valence-electron chi connectivity index (χ3n) is 7.24. The molecule has 3 saturated heterocycles. The molecule has 3 aliphatic rings. The molecule has 6 rings (SSSR count). The van der Waals surface area contributed by atoms with E-state index in [1.54, 1.807) is 24.3 Å². The monoisotopic (exact) mass is 444 g/mol. The Morgan fingerprint density at radius 3 is 2.38 bits per heavy atom. The molecule has 0 bridgehead atoms. The number of halogens is 1. The molecule has 0 saturated carbocycles. The van der Waals surface area contributed by atoms with Crippen LogP contribution in [0.5, 0.6) is 0 Å². The molecular weight excluding hydrogens is 424 g/mol. The standard InChI is InChI=1S/C26H21ClN2O3/c27-18-10-7-16(8-11-18)24(30)23-22-21(20-6-3-13-28(20)23)25(31)29(26(22)32)19-12-9-15-4-1-2-5-17(15)14-19/h1-2,4-5,7-12,14,20-23H,3,6,13H2. The molecule has 6 heteroatoms. The molecule has 32 heavy (non-hydrogen) atoms. The van der Waals surface area contributed by atoms with E-state index in [1.165, 1.54) is 4.90 Å². The zero-order valence-electron chi connectivity index (χ0n) is 17.3. The van der Waals surface area contributed by atoms with Crippen LogP contribution in [0.4, 0.5) is 5.69 Å². The predicted octanol–water partition coefficient (Wildman–Crippen LogP) is 4.33. The van der Waals surface area contributed by atoms with Crippen LogP contribution < -0.4 is 4.90 Å². The Hall–Kier alpha value is -3.02. The molecule has 4 atom stereocenters. The Balaban J connectivity index is 1.41. The van der Waals surface area contributed by atoms with Crippen LogP contribution in [0.2, 0.25) is 5.02 Å². The number of Topliss-reactive ketones (excluding diaryl/α,β-unsaturated/α-hetero) is 1. The van der Waals surface area contributed by atoms with Crippen molar-refractivity contribution < 1.29 is 14.4 Å². The van der Waals surface area contributed by atoms with Crippen molar-refractivity contribution >= 4 is 45.7 Å². The van der Waals surface area contributed by atoms with Crippen molar-refractivity contribution in [2.24, 2.45) is 11.8 Å². The predicted molar refractivity (Wildman–Crippen MR) is 123 cm³/mol. The highest BCUT2D eigenvalue weighted by molar-refractivity contribution is 6.30. The lowest BCUT2D eigenvalue weighted by atomic mass is 9.85. The Bertz CT molecular complexity index is 1270. The molecular formula is C26H21ClN2O3. The summed E-state index contributed by atoms with van der Waals surface area (Å²) in [6.07, 6.45) is 1.76.